The van der Waals surface area contributed by atoms with Crippen LogP contribution in [0.2, 0.25) is 0 Å². The molecule has 1 aromatic heterocycles. The summed E-state index contributed by atoms with van der Waals surface area (Å²) in [7, 11) is 0. The maximum Gasteiger partial charge on any atom is 0.0958 e. The number of benzene rings is 1. The van der Waals surface area contributed by atoms with Gasteiger partial charge in [0.05, 0.1) is 17.4 Å². The quantitative estimate of drug-likeness (QED) is 0.793. The predicted molar refractivity (Wildman–Crippen MR) is 77.0 cm³/mol. The second kappa shape index (κ2) is 6.01. The van der Waals surface area contributed by atoms with Crippen molar-refractivity contribution in [3.63, 3.8) is 0 Å². The first-order valence-electron chi connectivity index (χ1n) is 6.85. The molecule has 98 valence electrons. The SMILES string of the molecule is CCCNCCCn1cnc2cc(C)c(C)cc21. The summed E-state index contributed by atoms with van der Waals surface area (Å²) in [4.78, 5) is 4.48. The first-order chi connectivity index (χ1) is 8.72. The second-order valence-corrected chi connectivity index (χ2v) is 4.97. The Bertz CT molecular complexity index is 514. The maximum atomic E-state index is 4.48. The van der Waals surface area contributed by atoms with E-state index in [1.165, 1.54) is 23.1 Å². The van der Waals surface area contributed by atoms with Gasteiger partial charge in [-0.2, -0.15) is 0 Å². The molecule has 0 aliphatic heterocycles. The number of hydrogen-bond acceptors (Lipinski definition) is 2. The van der Waals surface area contributed by atoms with Crippen molar-refractivity contribution in [2.45, 2.75) is 40.2 Å². The third kappa shape index (κ3) is 2.91. The van der Waals surface area contributed by atoms with E-state index in [4.69, 9.17) is 0 Å². The molecule has 3 nitrogen and oxygen atoms in total. The third-order valence-corrected chi connectivity index (χ3v) is 3.42. The Morgan fingerprint density at radius 3 is 2.72 bits per heavy atom. The van der Waals surface area contributed by atoms with Crippen molar-refractivity contribution in [3.05, 3.63) is 29.6 Å². The minimum absolute atomic E-state index is 1.04. The molecule has 0 atom stereocenters. The summed E-state index contributed by atoms with van der Waals surface area (Å²) in [6.07, 6.45) is 4.31. The number of aromatic nitrogens is 2. The topological polar surface area (TPSA) is 29.9 Å². The van der Waals surface area contributed by atoms with E-state index in [-0.39, 0.29) is 0 Å². The molecule has 0 saturated carbocycles. The van der Waals surface area contributed by atoms with E-state index in [0.717, 1.165) is 31.6 Å². The summed E-state index contributed by atoms with van der Waals surface area (Å²) in [5.74, 6) is 0. The van der Waals surface area contributed by atoms with Gasteiger partial charge in [0.2, 0.25) is 0 Å². The van der Waals surface area contributed by atoms with Gasteiger partial charge in [-0.15, -0.1) is 0 Å². The summed E-state index contributed by atoms with van der Waals surface area (Å²) in [5.41, 5.74) is 5.03. The third-order valence-electron chi connectivity index (χ3n) is 3.42. The molecule has 0 fully saturated rings. The van der Waals surface area contributed by atoms with Crippen molar-refractivity contribution in [1.29, 1.82) is 0 Å². The average Bonchev–Trinajstić information content (AvgIpc) is 2.72. The standard InChI is InChI=1S/C15H23N3/c1-4-6-16-7-5-8-18-11-17-14-9-12(2)13(3)10-15(14)18/h9-11,16H,4-8H2,1-3H3. The van der Waals surface area contributed by atoms with Crippen molar-refractivity contribution in [2.24, 2.45) is 0 Å². The molecule has 18 heavy (non-hydrogen) atoms. The van der Waals surface area contributed by atoms with Crippen LogP contribution in [0.1, 0.15) is 30.9 Å². The monoisotopic (exact) mass is 245 g/mol. The molecule has 0 amide bonds. The Labute approximate surface area is 109 Å². The van der Waals surface area contributed by atoms with E-state index in [1.807, 2.05) is 6.33 Å². The lowest BCUT2D eigenvalue weighted by Crippen LogP contribution is -2.17. The van der Waals surface area contributed by atoms with Gasteiger partial charge in [0.25, 0.3) is 0 Å². The number of nitrogens with zero attached hydrogens (tertiary/aromatic N) is 2. The van der Waals surface area contributed by atoms with Gasteiger partial charge in [-0.3, -0.25) is 0 Å². The number of imidazole rings is 1. The van der Waals surface area contributed by atoms with E-state index in [9.17, 15) is 0 Å². The average molecular weight is 245 g/mol. The first-order valence-corrected chi connectivity index (χ1v) is 6.85. The van der Waals surface area contributed by atoms with Crippen LogP contribution in [0.5, 0.6) is 0 Å². The van der Waals surface area contributed by atoms with Crippen molar-refractivity contribution >= 4 is 11.0 Å². The molecule has 0 aliphatic rings. The van der Waals surface area contributed by atoms with Crippen LogP contribution in [0.4, 0.5) is 0 Å². The minimum Gasteiger partial charge on any atom is -0.331 e. The summed E-state index contributed by atoms with van der Waals surface area (Å²) in [6, 6.07) is 4.42. The van der Waals surface area contributed by atoms with E-state index in [2.05, 4.69) is 47.8 Å². The zero-order valence-corrected chi connectivity index (χ0v) is 11.7. The zero-order valence-electron chi connectivity index (χ0n) is 11.7. The number of fused-ring (bicyclic) bond motifs is 1. The summed E-state index contributed by atoms with van der Waals surface area (Å²) < 4.78 is 2.26. The Balaban J connectivity index is 2.03. The fourth-order valence-corrected chi connectivity index (χ4v) is 2.17. The fourth-order valence-electron chi connectivity index (χ4n) is 2.17. The lowest BCUT2D eigenvalue weighted by molar-refractivity contribution is 0.585. The van der Waals surface area contributed by atoms with Crippen molar-refractivity contribution in [2.75, 3.05) is 13.1 Å². The Kier molecular flexibility index (Phi) is 4.37. The van der Waals surface area contributed by atoms with Gasteiger partial charge in [0.15, 0.2) is 0 Å². The highest BCUT2D eigenvalue weighted by atomic mass is 15.0. The second-order valence-electron chi connectivity index (χ2n) is 4.97. The number of nitrogens with one attached hydrogen (secondary N) is 1. The van der Waals surface area contributed by atoms with Crippen LogP contribution >= 0.6 is 0 Å². The molecule has 2 rings (SSSR count). The minimum atomic E-state index is 1.04. The predicted octanol–water partition coefficient (Wildman–Crippen LogP) is 3.04. The molecule has 0 saturated heterocycles. The molecule has 1 aromatic carbocycles. The van der Waals surface area contributed by atoms with Crippen LogP contribution in [0, 0.1) is 13.8 Å². The van der Waals surface area contributed by atoms with Gasteiger partial charge in [-0.1, -0.05) is 6.92 Å². The van der Waals surface area contributed by atoms with Crippen LogP contribution in [-0.2, 0) is 6.54 Å². The molecule has 1 heterocycles. The number of hydrogen-bond donors (Lipinski definition) is 1. The normalized spacial score (nSPS) is 11.3. The van der Waals surface area contributed by atoms with Gasteiger partial charge in [0.1, 0.15) is 0 Å². The first kappa shape index (κ1) is 13.1. The van der Waals surface area contributed by atoms with Crippen molar-refractivity contribution in [3.8, 4) is 0 Å². The van der Waals surface area contributed by atoms with E-state index >= 15 is 0 Å². The lowest BCUT2D eigenvalue weighted by atomic mass is 10.1. The van der Waals surface area contributed by atoms with Crippen LogP contribution in [0.3, 0.4) is 0 Å². The lowest BCUT2D eigenvalue weighted by Gasteiger charge is -2.06. The summed E-state index contributed by atoms with van der Waals surface area (Å²) in [6.45, 7) is 9.73. The van der Waals surface area contributed by atoms with Gasteiger partial charge < -0.3 is 9.88 Å². The molecular formula is C15H23N3. The fraction of sp³-hybridized carbons (Fsp3) is 0.533. The van der Waals surface area contributed by atoms with Gasteiger partial charge >= 0.3 is 0 Å². The Morgan fingerprint density at radius 1 is 1.17 bits per heavy atom. The van der Waals surface area contributed by atoms with Crippen LogP contribution in [-0.4, -0.2) is 22.6 Å². The van der Waals surface area contributed by atoms with Crippen LogP contribution in [0.25, 0.3) is 11.0 Å². The summed E-state index contributed by atoms with van der Waals surface area (Å²) in [5, 5.41) is 3.43. The molecule has 0 aliphatic carbocycles. The molecule has 0 spiro atoms. The number of rotatable bonds is 6. The smallest absolute Gasteiger partial charge is 0.0958 e. The Morgan fingerprint density at radius 2 is 1.94 bits per heavy atom. The summed E-state index contributed by atoms with van der Waals surface area (Å²) >= 11 is 0. The van der Waals surface area contributed by atoms with Crippen molar-refractivity contribution < 1.29 is 0 Å². The van der Waals surface area contributed by atoms with Crippen molar-refractivity contribution in [1.82, 2.24) is 14.9 Å². The van der Waals surface area contributed by atoms with Gasteiger partial charge in [-0.05, 0) is 63.0 Å². The Hall–Kier alpha value is -1.35. The van der Waals surface area contributed by atoms with Gasteiger partial charge in [0, 0.05) is 6.54 Å². The van der Waals surface area contributed by atoms with Gasteiger partial charge in [-0.25, -0.2) is 4.98 Å². The van der Waals surface area contributed by atoms with Crippen LogP contribution < -0.4 is 5.32 Å². The molecule has 0 radical (unpaired) electrons. The molecule has 3 heteroatoms. The molecule has 2 aromatic rings. The van der Waals surface area contributed by atoms with E-state index < -0.39 is 0 Å². The van der Waals surface area contributed by atoms with E-state index in [1.54, 1.807) is 0 Å². The molecule has 1 N–H and O–H groups in total. The van der Waals surface area contributed by atoms with E-state index in [0.29, 0.717) is 0 Å². The highest BCUT2D eigenvalue weighted by Gasteiger charge is 2.04. The molecule has 0 bridgehead atoms. The molecular weight excluding hydrogens is 222 g/mol. The number of aryl methyl sites for hydroxylation is 3. The maximum absolute atomic E-state index is 4.48. The highest BCUT2D eigenvalue weighted by molar-refractivity contribution is 5.77. The highest BCUT2D eigenvalue weighted by Crippen LogP contribution is 2.18. The largest absolute Gasteiger partial charge is 0.331 e. The molecule has 0 unspecified atom stereocenters. The zero-order chi connectivity index (χ0) is 13.0. The van der Waals surface area contributed by atoms with Crippen LogP contribution in [0.15, 0.2) is 18.5 Å².